The Kier molecular flexibility index (Phi) is 7.71. The summed E-state index contributed by atoms with van der Waals surface area (Å²) in [5, 5.41) is 6.22. The van der Waals surface area contributed by atoms with Crippen molar-refractivity contribution in [3.05, 3.63) is 107 Å². The zero-order valence-electron chi connectivity index (χ0n) is 21.4. The normalized spacial score (nSPS) is 16.6. The van der Waals surface area contributed by atoms with Gasteiger partial charge >= 0.3 is 5.97 Å². The highest BCUT2D eigenvalue weighted by atomic mass is 16.5. The van der Waals surface area contributed by atoms with E-state index in [1.807, 2.05) is 30.3 Å². The smallest absolute Gasteiger partial charge is 0.341 e. The maximum absolute atomic E-state index is 12.4. The van der Waals surface area contributed by atoms with Crippen molar-refractivity contribution in [3.63, 3.8) is 0 Å². The minimum Gasteiger partial charge on any atom is -0.496 e. The first-order valence-corrected chi connectivity index (χ1v) is 12.9. The van der Waals surface area contributed by atoms with Gasteiger partial charge in [0.1, 0.15) is 23.2 Å². The van der Waals surface area contributed by atoms with Crippen LogP contribution in [0.5, 0.6) is 11.5 Å². The molecule has 1 heterocycles. The highest BCUT2D eigenvalue weighted by Gasteiger charge is 2.32. The van der Waals surface area contributed by atoms with Gasteiger partial charge < -0.3 is 19.5 Å². The number of hydrogen-bond donors (Lipinski definition) is 1. The van der Waals surface area contributed by atoms with Crippen LogP contribution in [0.4, 0.5) is 0 Å². The highest BCUT2D eigenvalue weighted by molar-refractivity contribution is 5.93. The molecule has 0 unspecified atom stereocenters. The maximum Gasteiger partial charge on any atom is 0.341 e. The molecule has 0 aliphatic carbocycles. The van der Waals surface area contributed by atoms with E-state index in [2.05, 4.69) is 53.8 Å². The average Bonchev–Trinajstić information content (AvgIpc) is 2.95. The summed E-state index contributed by atoms with van der Waals surface area (Å²) in [5.41, 5.74) is 3.90. The van der Waals surface area contributed by atoms with Gasteiger partial charge in [-0.25, -0.2) is 4.79 Å². The molecule has 4 aromatic carbocycles. The van der Waals surface area contributed by atoms with E-state index in [1.165, 1.54) is 23.4 Å². The average molecular weight is 496 g/mol. The molecule has 0 bridgehead atoms. The van der Waals surface area contributed by atoms with Gasteiger partial charge in [-0.1, -0.05) is 72.8 Å². The summed E-state index contributed by atoms with van der Waals surface area (Å²) < 4.78 is 17.1. The van der Waals surface area contributed by atoms with Crippen molar-refractivity contribution >= 4 is 16.7 Å². The van der Waals surface area contributed by atoms with Gasteiger partial charge in [0.15, 0.2) is 0 Å². The fraction of sp³-hybridized carbons (Fsp3) is 0.281. The number of hydrogen-bond acceptors (Lipinski definition) is 5. The van der Waals surface area contributed by atoms with E-state index in [0.717, 1.165) is 49.2 Å². The first kappa shape index (κ1) is 24.8. The predicted molar refractivity (Wildman–Crippen MR) is 147 cm³/mol. The molecule has 0 radical (unpaired) electrons. The largest absolute Gasteiger partial charge is 0.496 e. The fourth-order valence-corrected chi connectivity index (χ4v) is 5.41. The summed E-state index contributed by atoms with van der Waals surface area (Å²) in [7, 11) is 3.00. The molecular formula is C32H33NO4. The van der Waals surface area contributed by atoms with E-state index in [0.29, 0.717) is 11.3 Å². The molecule has 1 aliphatic rings. The highest BCUT2D eigenvalue weighted by Crippen LogP contribution is 2.44. The molecule has 0 amide bonds. The number of carbonyl (C=O) groups is 1. The third-order valence-electron chi connectivity index (χ3n) is 7.21. The molecular weight excluding hydrogens is 462 g/mol. The van der Waals surface area contributed by atoms with E-state index >= 15 is 0 Å². The van der Waals surface area contributed by atoms with E-state index in [9.17, 15) is 4.79 Å². The third kappa shape index (κ3) is 5.32. The zero-order valence-corrected chi connectivity index (χ0v) is 21.4. The molecule has 0 saturated heterocycles. The minimum absolute atomic E-state index is 0.0523. The number of methoxy groups -OCH3 is 2. The van der Waals surface area contributed by atoms with E-state index in [1.54, 1.807) is 13.2 Å². The molecule has 0 saturated carbocycles. The molecule has 0 spiro atoms. The standard InChI is InChI=1S/C32H33NO4/c1-35-31-27(14-8-15-28(31)32(34)36-2)29-21-24(37-30-16-6-5-13-26(29)30)18-20-33-19-17-23-11-7-10-22-9-3-4-12-25(22)23/h3-16,24,29,33H,17-21H2,1-2H3/t24-,29+/m0/s1. The Morgan fingerprint density at radius 3 is 2.51 bits per heavy atom. The molecule has 0 fully saturated rings. The Bertz CT molecular complexity index is 1380. The van der Waals surface area contributed by atoms with Crippen molar-refractivity contribution < 1.29 is 19.0 Å². The molecule has 5 nitrogen and oxygen atoms in total. The minimum atomic E-state index is -0.397. The zero-order chi connectivity index (χ0) is 25.6. The second kappa shape index (κ2) is 11.5. The molecule has 5 rings (SSSR count). The number of esters is 1. The van der Waals surface area contributed by atoms with Gasteiger partial charge in [0.25, 0.3) is 0 Å². The van der Waals surface area contributed by atoms with Gasteiger partial charge in [-0.15, -0.1) is 0 Å². The number of fused-ring (bicyclic) bond motifs is 2. The van der Waals surface area contributed by atoms with Crippen LogP contribution < -0.4 is 14.8 Å². The van der Waals surface area contributed by atoms with Gasteiger partial charge in [0.05, 0.1) is 14.2 Å². The van der Waals surface area contributed by atoms with E-state index in [4.69, 9.17) is 14.2 Å². The fourth-order valence-electron chi connectivity index (χ4n) is 5.41. The maximum atomic E-state index is 12.4. The lowest BCUT2D eigenvalue weighted by molar-refractivity contribution is 0.0596. The van der Waals surface area contributed by atoms with Gasteiger partial charge in [-0.05, 0) is 60.8 Å². The summed E-state index contributed by atoms with van der Waals surface area (Å²) in [4.78, 5) is 12.4. The van der Waals surface area contributed by atoms with Crippen LogP contribution in [0, 0.1) is 0 Å². The Morgan fingerprint density at radius 2 is 1.65 bits per heavy atom. The van der Waals surface area contributed by atoms with E-state index in [-0.39, 0.29) is 12.0 Å². The van der Waals surface area contributed by atoms with Gasteiger partial charge in [0, 0.05) is 17.0 Å². The lowest BCUT2D eigenvalue weighted by Crippen LogP contribution is -2.31. The van der Waals surface area contributed by atoms with Crippen LogP contribution in [0.1, 0.15) is 45.8 Å². The Labute approximate surface area is 218 Å². The Morgan fingerprint density at radius 1 is 0.892 bits per heavy atom. The van der Waals surface area contributed by atoms with Crippen LogP contribution in [0.15, 0.2) is 84.9 Å². The summed E-state index contributed by atoms with van der Waals surface area (Å²) in [6.45, 7) is 1.78. The Hall–Kier alpha value is -3.83. The number of ether oxygens (including phenoxy) is 3. The number of carbonyl (C=O) groups excluding carboxylic acids is 1. The molecule has 1 N–H and O–H groups in total. The molecule has 5 heteroatoms. The van der Waals surface area contributed by atoms with Crippen LogP contribution in [0.2, 0.25) is 0 Å². The summed E-state index contributed by atoms with van der Waals surface area (Å²) in [5.74, 6) is 1.13. The number of benzene rings is 4. The molecule has 2 atom stereocenters. The van der Waals surface area contributed by atoms with Crippen LogP contribution in [-0.2, 0) is 11.2 Å². The number of para-hydroxylation sites is 2. The second-order valence-electron chi connectivity index (χ2n) is 9.41. The first-order chi connectivity index (χ1) is 18.2. The summed E-state index contributed by atoms with van der Waals surface area (Å²) in [6, 6.07) is 28.9. The Balaban J connectivity index is 1.27. The molecule has 1 aliphatic heterocycles. The topological polar surface area (TPSA) is 56.8 Å². The molecule has 190 valence electrons. The van der Waals surface area contributed by atoms with Crippen molar-refractivity contribution in [2.45, 2.75) is 31.3 Å². The van der Waals surface area contributed by atoms with Crippen LogP contribution >= 0.6 is 0 Å². The predicted octanol–water partition coefficient (Wildman–Crippen LogP) is 6.14. The monoisotopic (exact) mass is 495 g/mol. The summed E-state index contributed by atoms with van der Waals surface area (Å²) in [6.07, 6.45) is 2.73. The van der Waals surface area contributed by atoms with Crippen LogP contribution in [0.3, 0.4) is 0 Å². The van der Waals surface area contributed by atoms with Gasteiger partial charge in [-0.3, -0.25) is 0 Å². The first-order valence-electron chi connectivity index (χ1n) is 12.9. The van der Waals surface area contributed by atoms with Crippen LogP contribution in [0.25, 0.3) is 10.8 Å². The van der Waals surface area contributed by atoms with Crippen molar-refractivity contribution in [2.24, 2.45) is 0 Å². The van der Waals surface area contributed by atoms with Crippen molar-refractivity contribution in [2.75, 3.05) is 27.3 Å². The lowest BCUT2D eigenvalue weighted by atomic mass is 9.82. The number of nitrogens with one attached hydrogen (secondary N) is 1. The second-order valence-corrected chi connectivity index (χ2v) is 9.41. The van der Waals surface area contributed by atoms with Crippen LogP contribution in [-0.4, -0.2) is 39.4 Å². The van der Waals surface area contributed by atoms with Gasteiger partial charge in [0.2, 0.25) is 0 Å². The quantitative estimate of drug-likeness (QED) is 0.223. The summed E-state index contributed by atoms with van der Waals surface area (Å²) >= 11 is 0. The van der Waals surface area contributed by atoms with E-state index < -0.39 is 5.97 Å². The SMILES string of the molecule is COC(=O)c1cccc([C@@H]2C[C@H](CCNCCc3cccc4ccccc34)Oc3ccccc32)c1OC. The molecule has 4 aromatic rings. The van der Waals surface area contributed by atoms with Crippen molar-refractivity contribution in [1.29, 1.82) is 0 Å². The molecule has 37 heavy (non-hydrogen) atoms. The third-order valence-corrected chi connectivity index (χ3v) is 7.21. The van der Waals surface area contributed by atoms with Crippen molar-refractivity contribution in [1.82, 2.24) is 5.32 Å². The molecule has 0 aromatic heterocycles. The van der Waals surface area contributed by atoms with Gasteiger partial charge in [-0.2, -0.15) is 0 Å². The number of rotatable bonds is 9. The lowest BCUT2D eigenvalue weighted by Gasteiger charge is -2.33. The van der Waals surface area contributed by atoms with Crippen molar-refractivity contribution in [3.8, 4) is 11.5 Å².